The van der Waals surface area contributed by atoms with Crippen molar-refractivity contribution < 1.29 is 9.05 Å². The fourth-order valence-corrected chi connectivity index (χ4v) is 1.51. The molecule has 0 amide bonds. The highest BCUT2D eigenvalue weighted by molar-refractivity contribution is 7.26. The van der Waals surface area contributed by atoms with Crippen LogP contribution in [-0.2, 0) is 4.52 Å². The van der Waals surface area contributed by atoms with Crippen LogP contribution in [0.5, 0.6) is 5.75 Å². The Morgan fingerprint density at radius 2 is 1.81 bits per heavy atom. The Morgan fingerprint density at radius 3 is 2.38 bits per heavy atom. The van der Waals surface area contributed by atoms with E-state index in [0.29, 0.717) is 5.92 Å². The van der Waals surface area contributed by atoms with Crippen LogP contribution in [0.25, 0.3) is 0 Å². The minimum absolute atomic E-state index is 0. The van der Waals surface area contributed by atoms with E-state index in [2.05, 4.69) is 20.8 Å². The second-order valence-electron chi connectivity index (χ2n) is 4.03. The highest BCUT2D eigenvalue weighted by Crippen LogP contribution is 2.22. The Hall–Kier alpha value is -0.300. The summed E-state index contributed by atoms with van der Waals surface area (Å²) in [5.41, 5.74) is 1.24. The molecule has 1 aromatic carbocycles. The molecule has 1 aromatic rings. The van der Waals surface area contributed by atoms with Gasteiger partial charge in [-0.2, -0.15) is 0 Å². The van der Waals surface area contributed by atoms with Crippen molar-refractivity contribution in [2.75, 3.05) is 6.61 Å². The molecule has 0 fully saturated rings. The van der Waals surface area contributed by atoms with Crippen molar-refractivity contribution in [1.82, 2.24) is 0 Å². The first-order valence-electron chi connectivity index (χ1n) is 5.29. The second-order valence-corrected chi connectivity index (χ2v) is 4.69. The topological polar surface area (TPSA) is 18.5 Å². The van der Waals surface area contributed by atoms with E-state index in [0.717, 1.165) is 18.8 Å². The molecule has 0 aliphatic rings. The van der Waals surface area contributed by atoms with Crippen LogP contribution in [0.3, 0.4) is 0 Å². The van der Waals surface area contributed by atoms with Gasteiger partial charge in [-0.05, 0) is 31.4 Å². The molecular formula is C12H20ClO2P. The molecule has 0 aliphatic heterocycles. The molecule has 92 valence electrons. The Bertz CT molecular complexity index is 275. The molecule has 1 atom stereocenters. The van der Waals surface area contributed by atoms with Crippen LogP contribution >= 0.6 is 21.4 Å². The number of rotatable bonds is 6. The minimum Gasteiger partial charge on any atom is -0.450 e. The summed E-state index contributed by atoms with van der Waals surface area (Å²) >= 11 is 0. The highest BCUT2D eigenvalue weighted by Gasteiger charge is 1.96. The van der Waals surface area contributed by atoms with Gasteiger partial charge in [0.2, 0.25) is 9.03 Å². The van der Waals surface area contributed by atoms with Crippen LogP contribution in [0.2, 0.25) is 0 Å². The lowest BCUT2D eigenvalue weighted by molar-refractivity contribution is 0.301. The van der Waals surface area contributed by atoms with Gasteiger partial charge in [-0.1, -0.05) is 31.5 Å². The van der Waals surface area contributed by atoms with Gasteiger partial charge in [-0.15, -0.1) is 12.4 Å². The molecule has 1 unspecified atom stereocenters. The third kappa shape index (κ3) is 7.05. The third-order valence-electron chi connectivity index (χ3n) is 2.04. The smallest absolute Gasteiger partial charge is 0.215 e. The molecule has 0 N–H and O–H groups in total. The van der Waals surface area contributed by atoms with E-state index in [1.807, 2.05) is 24.3 Å². The average Bonchev–Trinajstić information content (AvgIpc) is 2.20. The Kier molecular flexibility index (Phi) is 8.64. The maximum atomic E-state index is 5.45. The quantitative estimate of drug-likeness (QED) is 0.560. The SMILES string of the molecule is Cc1ccc(OPOCCC(C)C)cc1.Cl. The molecule has 0 radical (unpaired) electrons. The van der Waals surface area contributed by atoms with Crippen LogP contribution in [0.4, 0.5) is 0 Å². The van der Waals surface area contributed by atoms with Gasteiger partial charge in [0.25, 0.3) is 0 Å². The van der Waals surface area contributed by atoms with E-state index >= 15 is 0 Å². The lowest BCUT2D eigenvalue weighted by Crippen LogP contribution is -1.94. The molecule has 2 nitrogen and oxygen atoms in total. The largest absolute Gasteiger partial charge is 0.450 e. The van der Waals surface area contributed by atoms with Crippen molar-refractivity contribution in [2.45, 2.75) is 27.2 Å². The van der Waals surface area contributed by atoms with E-state index in [1.54, 1.807) is 0 Å². The zero-order valence-electron chi connectivity index (χ0n) is 10.0. The molecular weight excluding hydrogens is 243 g/mol. The van der Waals surface area contributed by atoms with E-state index in [4.69, 9.17) is 9.05 Å². The van der Waals surface area contributed by atoms with Crippen molar-refractivity contribution >= 4 is 21.4 Å². The van der Waals surface area contributed by atoms with Gasteiger partial charge >= 0.3 is 0 Å². The van der Waals surface area contributed by atoms with Gasteiger partial charge in [0.05, 0.1) is 6.61 Å². The van der Waals surface area contributed by atoms with E-state index in [1.165, 1.54) is 5.56 Å². The molecule has 0 spiro atoms. The van der Waals surface area contributed by atoms with E-state index in [9.17, 15) is 0 Å². The van der Waals surface area contributed by atoms with Crippen LogP contribution in [-0.4, -0.2) is 6.61 Å². The van der Waals surface area contributed by atoms with Crippen molar-refractivity contribution in [3.63, 3.8) is 0 Å². The fourth-order valence-electron chi connectivity index (χ4n) is 1.02. The van der Waals surface area contributed by atoms with Crippen molar-refractivity contribution in [3.05, 3.63) is 29.8 Å². The van der Waals surface area contributed by atoms with Gasteiger partial charge in [-0.25, -0.2) is 0 Å². The van der Waals surface area contributed by atoms with Gasteiger partial charge in [0.1, 0.15) is 5.75 Å². The van der Waals surface area contributed by atoms with Gasteiger partial charge in [-0.3, -0.25) is 0 Å². The summed E-state index contributed by atoms with van der Waals surface area (Å²) < 4.78 is 10.8. The van der Waals surface area contributed by atoms with Crippen LogP contribution in [0.1, 0.15) is 25.8 Å². The third-order valence-corrected chi connectivity index (χ3v) is 2.68. The molecule has 0 bridgehead atoms. The lowest BCUT2D eigenvalue weighted by Gasteiger charge is -2.07. The number of hydrogen-bond donors (Lipinski definition) is 0. The Labute approximate surface area is 106 Å². The van der Waals surface area contributed by atoms with Gasteiger partial charge < -0.3 is 9.05 Å². The predicted molar refractivity (Wildman–Crippen MR) is 72.8 cm³/mol. The average molecular weight is 263 g/mol. The summed E-state index contributed by atoms with van der Waals surface area (Å²) in [7, 11) is 0.106. The summed E-state index contributed by atoms with van der Waals surface area (Å²) in [5.74, 6) is 1.57. The molecule has 1 rings (SSSR count). The molecule has 16 heavy (non-hydrogen) atoms. The molecule has 0 aliphatic carbocycles. The van der Waals surface area contributed by atoms with Crippen LogP contribution in [0.15, 0.2) is 24.3 Å². The van der Waals surface area contributed by atoms with Crippen LogP contribution in [0, 0.1) is 12.8 Å². The van der Waals surface area contributed by atoms with E-state index < -0.39 is 0 Å². The molecule has 4 heteroatoms. The maximum absolute atomic E-state index is 5.45. The second kappa shape index (κ2) is 8.81. The molecule has 0 heterocycles. The lowest BCUT2D eigenvalue weighted by atomic mass is 10.2. The number of aryl methyl sites for hydroxylation is 1. The monoisotopic (exact) mass is 262 g/mol. The van der Waals surface area contributed by atoms with Crippen molar-refractivity contribution in [3.8, 4) is 5.75 Å². The highest BCUT2D eigenvalue weighted by atomic mass is 35.5. The summed E-state index contributed by atoms with van der Waals surface area (Å²) in [6, 6.07) is 8.00. The first-order valence-corrected chi connectivity index (χ1v) is 6.10. The van der Waals surface area contributed by atoms with E-state index in [-0.39, 0.29) is 21.4 Å². The Balaban J connectivity index is 0.00000225. The minimum atomic E-state index is 0. The zero-order valence-corrected chi connectivity index (χ0v) is 11.8. The van der Waals surface area contributed by atoms with Crippen molar-refractivity contribution in [2.24, 2.45) is 5.92 Å². The number of benzene rings is 1. The summed E-state index contributed by atoms with van der Waals surface area (Å²) in [4.78, 5) is 0. The summed E-state index contributed by atoms with van der Waals surface area (Å²) in [6.07, 6.45) is 1.09. The predicted octanol–water partition coefficient (Wildman–Crippen LogP) is 4.37. The molecule has 0 saturated carbocycles. The Morgan fingerprint density at radius 1 is 1.19 bits per heavy atom. The molecule has 0 aromatic heterocycles. The fraction of sp³-hybridized carbons (Fsp3) is 0.500. The van der Waals surface area contributed by atoms with Crippen LogP contribution < -0.4 is 4.52 Å². The first-order chi connectivity index (χ1) is 7.18. The van der Waals surface area contributed by atoms with Gasteiger partial charge in [0.15, 0.2) is 0 Å². The summed E-state index contributed by atoms with van der Waals surface area (Å²) in [5, 5.41) is 0. The standard InChI is InChI=1S/C12H19O2P.ClH/c1-10(2)8-9-13-15-14-12-6-4-11(3)5-7-12;/h4-7,10,15H,8-9H2,1-3H3;1H. The summed E-state index contributed by atoms with van der Waals surface area (Å²) in [6.45, 7) is 7.22. The normalized spacial score (nSPS) is 10.8. The van der Waals surface area contributed by atoms with Gasteiger partial charge in [0, 0.05) is 0 Å². The number of halogens is 1. The zero-order chi connectivity index (χ0) is 11.1. The first kappa shape index (κ1) is 15.7. The molecule has 0 saturated heterocycles. The van der Waals surface area contributed by atoms with Crippen molar-refractivity contribution in [1.29, 1.82) is 0 Å². The maximum Gasteiger partial charge on any atom is 0.215 e. The number of hydrogen-bond acceptors (Lipinski definition) is 2.